The Morgan fingerprint density at radius 3 is 2.08 bits per heavy atom. The lowest BCUT2D eigenvalue weighted by Gasteiger charge is -2.35. The predicted octanol–water partition coefficient (Wildman–Crippen LogP) is 4.50. The molecule has 0 aromatic rings. The van der Waals surface area contributed by atoms with Crippen LogP contribution in [0.25, 0.3) is 0 Å². The van der Waals surface area contributed by atoms with Gasteiger partial charge in [-0.25, -0.2) is 0 Å². The molecule has 25 heavy (non-hydrogen) atoms. The first-order valence-corrected chi connectivity index (χ1v) is 8.67. The van der Waals surface area contributed by atoms with E-state index in [2.05, 4.69) is 13.8 Å². The van der Waals surface area contributed by atoms with Crippen LogP contribution in [0, 0.1) is 10.8 Å². The molecule has 0 radical (unpaired) electrons. The summed E-state index contributed by atoms with van der Waals surface area (Å²) in [7, 11) is 0. The van der Waals surface area contributed by atoms with Crippen LogP contribution in [0.5, 0.6) is 0 Å². The molecule has 3 nitrogen and oxygen atoms in total. The molecule has 0 heterocycles. The number of aliphatic hydroxyl groups is 1. The van der Waals surface area contributed by atoms with Crippen molar-refractivity contribution in [1.82, 2.24) is 0 Å². The summed E-state index contributed by atoms with van der Waals surface area (Å²) < 4.78 is 0. The quantitative estimate of drug-likeness (QED) is 0.421. The smallest absolute Gasteiger partial charge is 0.162 e. The van der Waals surface area contributed by atoms with Gasteiger partial charge in [-0.3, -0.25) is 9.59 Å². The summed E-state index contributed by atoms with van der Waals surface area (Å²) in [5.41, 5.74) is 1.27. The van der Waals surface area contributed by atoms with Crippen LogP contribution >= 0.6 is 0 Å². The van der Waals surface area contributed by atoms with E-state index >= 15 is 0 Å². The largest absolute Gasteiger partial charge is 0.393 e. The summed E-state index contributed by atoms with van der Waals surface area (Å²) in [5.74, 6) is 0.0702. The van der Waals surface area contributed by atoms with Gasteiger partial charge in [0.2, 0.25) is 0 Å². The van der Waals surface area contributed by atoms with Crippen molar-refractivity contribution in [2.45, 2.75) is 53.6 Å². The zero-order valence-electron chi connectivity index (χ0n) is 16.0. The van der Waals surface area contributed by atoms with Gasteiger partial charge in [-0.05, 0) is 44.3 Å². The van der Waals surface area contributed by atoms with Crippen LogP contribution in [0.15, 0.2) is 59.8 Å². The van der Waals surface area contributed by atoms with Crippen molar-refractivity contribution in [3.63, 3.8) is 0 Å². The van der Waals surface area contributed by atoms with Crippen molar-refractivity contribution in [2.75, 3.05) is 0 Å². The third-order valence-electron chi connectivity index (χ3n) is 5.19. The average molecular weight is 342 g/mol. The Labute approximate surface area is 151 Å². The second kappa shape index (κ2) is 8.91. The fourth-order valence-corrected chi connectivity index (χ4v) is 3.17. The SMILES string of the molecule is CC(/C=C/C=C(C)/C=C/C(=O)[C@]1(C)C[C@@H](O)CC1(C)C)=C\C=C\C=O. The highest BCUT2D eigenvalue weighted by atomic mass is 16.3. The van der Waals surface area contributed by atoms with Crippen molar-refractivity contribution >= 4 is 12.1 Å². The molecular formula is C22H30O3. The Morgan fingerprint density at radius 1 is 0.920 bits per heavy atom. The summed E-state index contributed by atoms with van der Waals surface area (Å²) in [6.07, 6.45) is 15.7. The van der Waals surface area contributed by atoms with Crippen molar-refractivity contribution in [1.29, 1.82) is 0 Å². The molecule has 0 aromatic carbocycles. The molecule has 1 fully saturated rings. The molecule has 0 spiro atoms. The minimum Gasteiger partial charge on any atom is -0.393 e. The monoisotopic (exact) mass is 342 g/mol. The zero-order valence-corrected chi connectivity index (χ0v) is 16.0. The van der Waals surface area contributed by atoms with Gasteiger partial charge in [0, 0.05) is 5.41 Å². The van der Waals surface area contributed by atoms with E-state index in [0.29, 0.717) is 12.8 Å². The number of hydrogen-bond acceptors (Lipinski definition) is 3. The third-order valence-corrected chi connectivity index (χ3v) is 5.19. The maximum absolute atomic E-state index is 12.7. The molecule has 1 aliphatic rings. The lowest BCUT2D eigenvalue weighted by molar-refractivity contribution is -0.127. The van der Waals surface area contributed by atoms with Crippen molar-refractivity contribution in [3.05, 3.63) is 59.8 Å². The number of hydrogen-bond donors (Lipinski definition) is 1. The normalized spacial score (nSPS) is 27.7. The summed E-state index contributed by atoms with van der Waals surface area (Å²) in [6.45, 7) is 9.94. The maximum atomic E-state index is 12.7. The van der Waals surface area contributed by atoms with Gasteiger partial charge in [0.05, 0.1) is 6.10 Å². The van der Waals surface area contributed by atoms with E-state index in [1.807, 2.05) is 51.2 Å². The van der Waals surface area contributed by atoms with Gasteiger partial charge in [0.1, 0.15) is 6.29 Å². The van der Waals surface area contributed by atoms with E-state index in [-0.39, 0.29) is 11.2 Å². The molecule has 0 aromatic heterocycles. The van der Waals surface area contributed by atoms with Gasteiger partial charge < -0.3 is 5.11 Å². The Hall–Kier alpha value is -2.00. The third kappa shape index (κ3) is 5.79. The van der Waals surface area contributed by atoms with Crippen LogP contribution in [-0.4, -0.2) is 23.3 Å². The van der Waals surface area contributed by atoms with Crippen LogP contribution in [0.2, 0.25) is 0 Å². The minimum absolute atomic E-state index is 0.0702. The number of aliphatic hydroxyl groups excluding tert-OH is 1. The highest BCUT2D eigenvalue weighted by molar-refractivity contribution is 5.95. The zero-order chi connectivity index (χ0) is 19.1. The summed E-state index contributed by atoms with van der Waals surface area (Å²) in [4.78, 5) is 22.9. The topological polar surface area (TPSA) is 54.4 Å². The van der Waals surface area contributed by atoms with Gasteiger partial charge in [-0.1, -0.05) is 68.4 Å². The highest BCUT2D eigenvalue weighted by Gasteiger charge is 2.52. The molecule has 0 unspecified atom stereocenters. The Morgan fingerprint density at radius 2 is 1.52 bits per heavy atom. The van der Waals surface area contributed by atoms with Crippen molar-refractivity contribution in [3.8, 4) is 0 Å². The van der Waals surface area contributed by atoms with Crippen LogP contribution in [0.4, 0.5) is 0 Å². The average Bonchev–Trinajstić information content (AvgIpc) is 2.73. The Kier molecular flexibility index (Phi) is 7.50. The highest BCUT2D eigenvalue weighted by Crippen LogP contribution is 2.53. The first-order valence-electron chi connectivity index (χ1n) is 8.67. The van der Waals surface area contributed by atoms with Crippen LogP contribution in [0.1, 0.15) is 47.5 Å². The molecular weight excluding hydrogens is 312 g/mol. The predicted molar refractivity (Wildman–Crippen MR) is 103 cm³/mol. The molecule has 0 saturated heterocycles. The van der Waals surface area contributed by atoms with Gasteiger partial charge >= 0.3 is 0 Å². The van der Waals surface area contributed by atoms with Gasteiger partial charge in [-0.2, -0.15) is 0 Å². The number of rotatable bonds is 7. The minimum atomic E-state index is -0.525. The molecule has 1 aliphatic carbocycles. The lowest BCUT2D eigenvalue weighted by Crippen LogP contribution is -2.36. The van der Waals surface area contributed by atoms with E-state index in [9.17, 15) is 14.7 Å². The van der Waals surface area contributed by atoms with Crippen LogP contribution in [-0.2, 0) is 9.59 Å². The molecule has 1 N–H and O–H groups in total. The molecule has 0 aliphatic heterocycles. The number of ketones is 1. The summed E-state index contributed by atoms with van der Waals surface area (Å²) in [5, 5.41) is 9.95. The second-order valence-electron chi connectivity index (χ2n) is 7.68. The molecule has 1 saturated carbocycles. The molecule has 136 valence electrons. The molecule has 3 heteroatoms. The van der Waals surface area contributed by atoms with E-state index in [1.54, 1.807) is 12.2 Å². The van der Waals surface area contributed by atoms with E-state index in [1.165, 1.54) is 6.08 Å². The molecule has 0 bridgehead atoms. The summed E-state index contributed by atoms with van der Waals surface area (Å²) in [6, 6.07) is 0. The molecule has 1 rings (SSSR count). The fraction of sp³-hybridized carbons (Fsp3) is 0.455. The van der Waals surface area contributed by atoms with Gasteiger partial charge in [0.25, 0.3) is 0 Å². The molecule has 0 amide bonds. The maximum Gasteiger partial charge on any atom is 0.162 e. The van der Waals surface area contributed by atoms with Gasteiger partial charge in [-0.15, -0.1) is 0 Å². The Bertz CT molecular complexity index is 644. The van der Waals surface area contributed by atoms with E-state index in [0.717, 1.165) is 17.4 Å². The Balaban J connectivity index is 2.74. The van der Waals surface area contributed by atoms with E-state index in [4.69, 9.17) is 0 Å². The standard InChI is InChI=1S/C22H30O3/c1-17(9-6-7-14-23)10-8-11-18(2)12-13-20(25)22(5)16-19(24)15-21(22,3)4/h6-14,19,24H,15-16H2,1-5H3/b7-6+,10-8+,13-12+,17-9+,18-11+/t19-,22-/m0/s1. The van der Waals surface area contributed by atoms with E-state index < -0.39 is 11.5 Å². The van der Waals surface area contributed by atoms with Crippen LogP contribution in [0.3, 0.4) is 0 Å². The van der Waals surface area contributed by atoms with Crippen LogP contribution < -0.4 is 0 Å². The molecule has 2 atom stereocenters. The van der Waals surface area contributed by atoms with Crippen molar-refractivity contribution < 1.29 is 14.7 Å². The summed E-state index contributed by atoms with van der Waals surface area (Å²) >= 11 is 0. The number of carbonyl (C=O) groups excluding carboxylic acids is 2. The van der Waals surface area contributed by atoms with Crippen molar-refractivity contribution in [2.24, 2.45) is 10.8 Å². The first kappa shape index (κ1) is 21.0. The number of aldehydes is 1. The number of carbonyl (C=O) groups is 2. The number of allylic oxidation sites excluding steroid dienone is 10. The fourth-order valence-electron chi connectivity index (χ4n) is 3.17. The lowest BCUT2D eigenvalue weighted by atomic mass is 9.66. The van der Waals surface area contributed by atoms with Gasteiger partial charge in [0.15, 0.2) is 5.78 Å². The first-order chi connectivity index (χ1) is 11.6. The second-order valence-corrected chi connectivity index (χ2v) is 7.68.